The number of benzene rings is 1. The van der Waals surface area contributed by atoms with Crippen molar-refractivity contribution in [2.45, 2.75) is 64.5 Å². The minimum Gasteiger partial charge on any atom is -0.374 e. The lowest BCUT2D eigenvalue weighted by atomic mass is 9.79. The Kier molecular flexibility index (Phi) is 7.78. The molecule has 1 aromatic carbocycles. The second-order valence-electron chi connectivity index (χ2n) is 8.91. The Morgan fingerprint density at radius 2 is 1.89 bits per heavy atom. The largest absolute Gasteiger partial charge is 0.374 e. The average Bonchev–Trinajstić information content (AvgIpc) is 2.70. The van der Waals surface area contributed by atoms with E-state index in [4.69, 9.17) is 9.26 Å². The highest BCUT2D eigenvalue weighted by atomic mass is 31.2. The molecule has 1 saturated heterocycles. The van der Waals surface area contributed by atoms with Crippen LogP contribution in [0.1, 0.15) is 58.4 Å². The Bertz CT molecular complexity index is 635. The summed E-state index contributed by atoms with van der Waals surface area (Å²) in [4.78, 5) is 0. The van der Waals surface area contributed by atoms with Crippen molar-refractivity contribution in [1.82, 2.24) is 5.32 Å². The molecule has 0 amide bonds. The molecule has 3 atom stereocenters. The molecule has 3 rings (SSSR count). The van der Waals surface area contributed by atoms with Crippen molar-refractivity contribution >= 4 is 7.37 Å². The maximum Gasteiger partial charge on any atom is 0.206 e. The first kappa shape index (κ1) is 22.0. The number of rotatable bonds is 8. The Morgan fingerprint density at radius 1 is 1.18 bits per heavy atom. The molecule has 1 saturated carbocycles. The van der Waals surface area contributed by atoms with Gasteiger partial charge in [0.05, 0.1) is 31.0 Å². The van der Waals surface area contributed by atoms with Gasteiger partial charge in [0.25, 0.3) is 0 Å². The van der Waals surface area contributed by atoms with Gasteiger partial charge in [-0.15, -0.1) is 0 Å². The van der Waals surface area contributed by atoms with Crippen molar-refractivity contribution in [2.75, 3.05) is 32.1 Å². The van der Waals surface area contributed by atoms with Gasteiger partial charge in [-0.2, -0.15) is 0 Å². The SMILES string of the molecule is CCOP(=O)(CC1CCCCC1)CC1CNC(c2ccccc2)(C(C)C)CO1. The van der Waals surface area contributed by atoms with Gasteiger partial charge in [-0.3, -0.25) is 4.57 Å². The smallest absolute Gasteiger partial charge is 0.206 e. The minimum atomic E-state index is -2.66. The van der Waals surface area contributed by atoms with Gasteiger partial charge in [-0.25, -0.2) is 0 Å². The summed E-state index contributed by atoms with van der Waals surface area (Å²) >= 11 is 0. The van der Waals surface area contributed by atoms with Gasteiger partial charge in [0.2, 0.25) is 7.37 Å². The zero-order valence-corrected chi connectivity index (χ0v) is 18.8. The molecule has 0 spiro atoms. The highest BCUT2D eigenvalue weighted by molar-refractivity contribution is 7.59. The van der Waals surface area contributed by atoms with E-state index in [9.17, 15) is 4.57 Å². The second kappa shape index (κ2) is 9.89. The Balaban J connectivity index is 1.64. The lowest BCUT2D eigenvalue weighted by Gasteiger charge is -2.45. The zero-order chi connectivity index (χ0) is 20.0. The summed E-state index contributed by atoms with van der Waals surface area (Å²) in [6.45, 7) is 8.26. The molecule has 2 fully saturated rings. The first-order chi connectivity index (χ1) is 13.5. The van der Waals surface area contributed by atoms with Crippen molar-refractivity contribution in [3.63, 3.8) is 0 Å². The third kappa shape index (κ3) is 5.27. The van der Waals surface area contributed by atoms with Crippen LogP contribution in [0, 0.1) is 11.8 Å². The van der Waals surface area contributed by atoms with Crippen LogP contribution in [-0.2, 0) is 19.4 Å². The van der Waals surface area contributed by atoms with Crippen LogP contribution in [-0.4, -0.2) is 38.2 Å². The normalized spacial score (nSPS) is 28.9. The van der Waals surface area contributed by atoms with Gasteiger partial charge < -0.3 is 14.6 Å². The third-order valence-corrected chi connectivity index (χ3v) is 9.34. The van der Waals surface area contributed by atoms with E-state index in [-0.39, 0.29) is 11.6 Å². The standard InChI is InChI=1S/C23H38NO3P/c1-4-27-28(25,16-20-11-7-5-8-12-20)17-22-15-24-23(18-26-22,19(2)3)21-13-9-6-10-14-21/h6,9-10,13-14,19-20,22,24H,4-5,7-8,11-12,15-18H2,1-3H3. The predicted molar refractivity (Wildman–Crippen MR) is 116 cm³/mol. The van der Waals surface area contributed by atoms with E-state index in [1.165, 1.54) is 37.7 Å². The van der Waals surface area contributed by atoms with Crippen molar-refractivity contribution in [3.05, 3.63) is 35.9 Å². The Morgan fingerprint density at radius 3 is 2.46 bits per heavy atom. The van der Waals surface area contributed by atoms with Crippen LogP contribution in [0.4, 0.5) is 0 Å². The molecular weight excluding hydrogens is 369 g/mol. The van der Waals surface area contributed by atoms with E-state index >= 15 is 0 Å². The number of ether oxygens (including phenoxy) is 1. The summed E-state index contributed by atoms with van der Waals surface area (Å²) in [6.07, 6.45) is 7.48. The molecule has 2 aliphatic rings. The maximum absolute atomic E-state index is 13.6. The lowest BCUT2D eigenvalue weighted by Crippen LogP contribution is -2.58. The number of hydrogen-bond donors (Lipinski definition) is 1. The fraction of sp³-hybridized carbons (Fsp3) is 0.739. The van der Waals surface area contributed by atoms with E-state index in [2.05, 4.69) is 43.4 Å². The highest BCUT2D eigenvalue weighted by Gasteiger charge is 2.42. The van der Waals surface area contributed by atoms with Gasteiger partial charge in [0.1, 0.15) is 0 Å². The molecule has 158 valence electrons. The average molecular weight is 408 g/mol. The minimum absolute atomic E-state index is 0.0449. The van der Waals surface area contributed by atoms with Gasteiger partial charge in [-0.05, 0) is 37.2 Å². The molecule has 5 heteroatoms. The predicted octanol–water partition coefficient (Wildman–Crippen LogP) is 5.42. The summed E-state index contributed by atoms with van der Waals surface area (Å²) in [5.74, 6) is 0.957. The number of nitrogens with one attached hydrogen (secondary N) is 1. The molecule has 1 N–H and O–H groups in total. The Hall–Kier alpha value is -0.670. The fourth-order valence-corrected chi connectivity index (χ4v) is 7.72. The molecule has 1 aliphatic carbocycles. The van der Waals surface area contributed by atoms with E-state index in [1.54, 1.807) is 0 Å². The molecular formula is C23H38NO3P. The van der Waals surface area contributed by atoms with Gasteiger partial charge in [0, 0.05) is 12.7 Å². The van der Waals surface area contributed by atoms with Crippen molar-refractivity contribution < 1.29 is 13.8 Å². The van der Waals surface area contributed by atoms with Crippen molar-refractivity contribution in [1.29, 1.82) is 0 Å². The topological polar surface area (TPSA) is 47.6 Å². The lowest BCUT2D eigenvalue weighted by molar-refractivity contribution is -0.0428. The van der Waals surface area contributed by atoms with Crippen LogP contribution in [0.3, 0.4) is 0 Å². The molecule has 4 nitrogen and oxygen atoms in total. The van der Waals surface area contributed by atoms with Gasteiger partial charge in [-0.1, -0.05) is 63.4 Å². The molecule has 1 aromatic rings. The van der Waals surface area contributed by atoms with Crippen LogP contribution in [0.15, 0.2) is 30.3 Å². The fourth-order valence-electron chi connectivity index (χ4n) is 4.89. The first-order valence-corrected chi connectivity index (χ1v) is 13.1. The highest BCUT2D eigenvalue weighted by Crippen LogP contribution is 2.51. The molecule has 3 unspecified atom stereocenters. The summed E-state index contributed by atoms with van der Waals surface area (Å²) < 4.78 is 25.8. The summed E-state index contributed by atoms with van der Waals surface area (Å²) in [5, 5.41) is 3.77. The van der Waals surface area contributed by atoms with E-state index in [1.807, 2.05) is 13.0 Å². The maximum atomic E-state index is 13.6. The van der Waals surface area contributed by atoms with Crippen LogP contribution in [0.25, 0.3) is 0 Å². The van der Waals surface area contributed by atoms with Crippen LogP contribution in [0.5, 0.6) is 0 Å². The quantitative estimate of drug-likeness (QED) is 0.585. The van der Waals surface area contributed by atoms with Crippen molar-refractivity contribution in [3.8, 4) is 0 Å². The third-order valence-electron chi connectivity index (χ3n) is 6.57. The van der Waals surface area contributed by atoms with E-state index in [0.717, 1.165) is 12.7 Å². The monoisotopic (exact) mass is 407 g/mol. The summed E-state index contributed by atoms with van der Waals surface area (Å²) in [5.41, 5.74) is 1.08. The molecule has 0 aromatic heterocycles. The van der Waals surface area contributed by atoms with Crippen LogP contribution in [0.2, 0.25) is 0 Å². The van der Waals surface area contributed by atoms with Gasteiger partial charge in [0.15, 0.2) is 0 Å². The Labute approximate surface area is 171 Å². The van der Waals surface area contributed by atoms with Crippen molar-refractivity contribution in [2.24, 2.45) is 11.8 Å². The van der Waals surface area contributed by atoms with E-state index < -0.39 is 7.37 Å². The summed E-state index contributed by atoms with van der Waals surface area (Å²) in [7, 11) is -2.66. The second-order valence-corrected chi connectivity index (χ2v) is 11.5. The van der Waals surface area contributed by atoms with Crippen LogP contribution < -0.4 is 5.32 Å². The molecule has 28 heavy (non-hydrogen) atoms. The van der Waals surface area contributed by atoms with Crippen LogP contribution >= 0.6 is 7.37 Å². The van der Waals surface area contributed by atoms with Gasteiger partial charge >= 0.3 is 0 Å². The molecule has 0 radical (unpaired) electrons. The number of morpholine rings is 1. The summed E-state index contributed by atoms with van der Waals surface area (Å²) in [6, 6.07) is 10.6. The molecule has 0 bridgehead atoms. The molecule has 1 heterocycles. The zero-order valence-electron chi connectivity index (χ0n) is 17.9. The molecule has 1 aliphatic heterocycles. The number of hydrogen-bond acceptors (Lipinski definition) is 4. The van der Waals surface area contributed by atoms with E-state index in [0.29, 0.717) is 31.2 Å². The first-order valence-electron chi connectivity index (χ1n) is 11.1.